The van der Waals surface area contributed by atoms with Crippen LogP contribution in [0.3, 0.4) is 0 Å². The van der Waals surface area contributed by atoms with Gasteiger partial charge in [-0.1, -0.05) is 61.5 Å². The molecule has 0 aliphatic heterocycles. The molecule has 0 heterocycles. The summed E-state index contributed by atoms with van der Waals surface area (Å²) in [6, 6.07) is 22.7. The molecule has 31 heavy (non-hydrogen) atoms. The van der Waals surface area contributed by atoms with Crippen LogP contribution in [0, 0.1) is 0 Å². The van der Waals surface area contributed by atoms with Crippen LogP contribution in [0.5, 0.6) is 5.75 Å². The summed E-state index contributed by atoms with van der Waals surface area (Å²) < 4.78 is 10.6. The number of rotatable bonds is 9. The first-order valence-electron chi connectivity index (χ1n) is 10.1. The van der Waals surface area contributed by atoms with E-state index in [-0.39, 0.29) is 18.2 Å². The number of hydrogen-bond acceptors (Lipinski definition) is 5. The smallest absolute Gasteiger partial charge is 0.344 e. The second-order valence-corrected chi connectivity index (χ2v) is 7.06. The maximum absolute atomic E-state index is 12.4. The predicted molar refractivity (Wildman–Crippen MR) is 118 cm³/mol. The van der Waals surface area contributed by atoms with Gasteiger partial charge in [-0.3, -0.25) is 9.59 Å². The van der Waals surface area contributed by atoms with E-state index in [0.29, 0.717) is 22.4 Å². The van der Waals surface area contributed by atoms with Gasteiger partial charge >= 0.3 is 5.97 Å². The number of benzene rings is 3. The SMILES string of the molecule is CCc1ccc(C(=O)C(C)OC(=O)COc2ccc(C(=O)c3ccccc3)cc2)cc1. The van der Waals surface area contributed by atoms with Crippen LogP contribution < -0.4 is 4.74 Å². The van der Waals surface area contributed by atoms with E-state index in [1.807, 2.05) is 37.3 Å². The zero-order valence-corrected chi connectivity index (χ0v) is 17.5. The van der Waals surface area contributed by atoms with Crippen LogP contribution in [-0.2, 0) is 16.0 Å². The molecule has 5 nitrogen and oxygen atoms in total. The summed E-state index contributed by atoms with van der Waals surface area (Å²) in [5, 5.41) is 0. The molecule has 3 rings (SSSR count). The number of esters is 1. The fourth-order valence-electron chi connectivity index (χ4n) is 3.03. The number of Topliss-reactive ketones (excluding diaryl/α,β-unsaturated/α-hetero) is 1. The molecule has 1 atom stereocenters. The van der Waals surface area contributed by atoms with Gasteiger partial charge < -0.3 is 9.47 Å². The molecule has 5 heteroatoms. The number of ether oxygens (including phenoxy) is 2. The zero-order valence-electron chi connectivity index (χ0n) is 17.5. The minimum absolute atomic E-state index is 0.0918. The van der Waals surface area contributed by atoms with Gasteiger partial charge in [0, 0.05) is 16.7 Å². The van der Waals surface area contributed by atoms with Gasteiger partial charge in [-0.05, 0) is 43.2 Å². The number of aryl methyl sites for hydroxylation is 1. The van der Waals surface area contributed by atoms with Crippen LogP contribution in [-0.4, -0.2) is 30.2 Å². The van der Waals surface area contributed by atoms with E-state index in [1.165, 1.54) is 6.92 Å². The normalized spacial score (nSPS) is 11.4. The van der Waals surface area contributed by atoms with Crippen LogP contribution >= 0.6 is 0 Å². The quantitative estimate of drug-likeness (QED) is 0.374. The molecule has 158 valence electrons. The van der Waals surface area contributed by atoms with E-state index in [2.05, 4.69) is 0 Å². The largest absolute Gasteiger partial charge is 0.482 e. The molecule has 0 aromatic heterocycles. The lowest BCUT2D eigenvalue weighted by atomic mass is 10.0. The zero-order chi connectivity index (χ0) is 22.2. The van der Waals surface area contributed by atoms with Crippen molar-refractivity contribution in [3.05, 3.63) is 101 Å². The average molecular weight is 416 g/mol. The standard InChI is InChI=1S/C26H24O5/c1-3-19-9-11-21(12-10-19)25(28)18(2)31-24(27)17-30-23-15-13-22(14-16-23)26(29)20-7-5-4-6-8-20/h4-16,18H,3,17H2,1-2H3. The highest BCUT2D eigenvalue weighted by Crippen LogP contribution is 2.16. The third-order valence-corrected chi connectivity index (χ3v) is 4.83. The third kappa shape index (κ3) is 5.89. The van der Waals surface area contributed by atoms with Gasteiger partial charge in [-0.25, -0.2) is 4.79 Å². The summed E-state index contributed by atoms with van der Waals surface area (Å²) in [5.74, 6) is -0.572. The van der Waals surface area contributed by atoms with Crippen LogP contribution in [0.2, 0.25) is 0 Å². The van der Waals surface area contributed by atoms with Crippen molar-refractivity contribution in [3.8, 4) is 5.75 Å². The summed E-state index contributed by atoms with van der Waals surface area (Å²) in [4.78, 5) is 36.9. The van der Waals surface area contributed by atoms with Gasteiger partial charge in [0.15, 0.2) is 18.5 Å². The fraction of sp³-hybridized carbons (Fsp3) is 0.192. The van der Waals surface area contributed by atoms with Crippen molar-refractivity contribution >= 4 is 17.5 Å². The summed E-state index contributed by atoms with van der Waals surface area (Å²) in [6.07, 6.45) is -0.0213. The number of ketones is 2. The fourth-order valence-corrected chi connectivity index (χ4v) is 3.03. The highest BCUT2D eigenvalue weighted by molar-refractivity contribution is 6.09. The first-order chi connectivity index (χ1) is 15.0. The minimum atomic E-state index is -0.908. The summed E-state index contributed by atoms with van der Waals surface area (Å²) in [6.45, 7) is 3.24. The molecule has 0 aliphatic carbocycles. The van der Waals surface area contributed by atoms with Crippen LogP contribution in [0.1, 0.15) is 45.7 Å². The molecule has 0 N–H and O–H groups in total. The number of carbonyl (C=O) groups is 3. The first kappa shape index (κ1) is 22.0. The lowest BCUT2D eigenvalue weighted by molar-refractivity contribution is -0.148. The minimum Gasteiger partial charge on any atom is -0.482 e. The molecule has 0 aliphatic rings. The van der Waals surface area contributed by atoms with Crippen LogP contribution in [0.15, 0.2) is 78.9 Å². The summed E-state index contributed by atoms with van der Waals surface area (Å²) >= 11 is 0. The molecule has 0 amide bonds. The maximum Gasteiger partial charge on any atom is 0.344 e. The molecule has 3 aromatic rings. The molecule has 0 spiro atoms. The van der Waals surface area contributed by atoms with Gasteiger partial charge in [0.1, 0.15) is 5.75 Å². The lowest BCUT2D eigenvalue weighted by Crippen LogP contribution is -2.27. The Morgan fingerprint density at radius 1 is 0.774 bits per heavy atom. The van der Waals surface area contributed by atoms with E-state index in [1.54, 1.807) is 48.5 Å². The highest BCUT2D eigenvalue weighted by Gasteiger charge is 2.20. The molecule has 1 unspecified atom stereocenters. The Morgan fingerprint density at radius 2 is 1.35 bits per heavy atom. The van der Waals surface area contributed by atoms with Gasteiger partial charge in [0.25, 0.3) is 0 Å². The van der Waals surface area contributed by atoms with Crippen LogP contribution in [0.25, 0.3) is 0 Å². The molecule has 0 saturated heterocycles. The molecule has 0 fully saturated rings. The van der Waals surface area contributed by atoms with E-state index < -0.39 is 12.1 Å². The monoisotopic (exact) mass is 416 g/mol. The van der Waals surface area contributed by atoms with E-state index >= 15 is 0 Å². The van der Waals surface area contributed by atoms with E-state index in [0.717, 1.165) is 12.0 Å². The Hall–Kier alpha value is -3.73. The van der Waals surface area contributed by atoms with Gasteiger partial charge in [0.2, 0.25) is 5.78 Å². The van der Waals surface area contributed by atoms with Crippen molar-refractivity contribution in [2.24, 2.45) is 0 Å². The first-order valence-corrected chi connectivity index (χ1v) is 10.1. The number of hydrogen-bond donors (Lipinski definition) is 0. The molecular weight excluding hydrogens is 392 g/mol. The van der Waals surface area contributed by atoms with Crippen molar-refractivity contribution in [3.63, 3.8) is 0 Å². The van der Waals surface area contributed by atoms with Gasteiger partial charge in [-0.2, -0.15) is 0 Å². The summed E-state index contributed by atoms with van der Waals surface area (Å²) in [7, 11) is 0. The highest BCUT2D eigenvalue weighted by atomic mass is 16.6. The molecular formula is C26H24O5. The molecule has 0 bridgehead atoms. The Bertz CT molecular complexity index is 1040. The molecule has 0 saturated carbocycles. The van der Waals surface area contributed by atoms with Crippen molar-refractivity contribution in [2.45, 2.75) is 26.4 Å². The van der Waals surface area contributed by atoms with Crippen LogP contribution in [0.4, 0.5) is 0 Å². The lowest BCUT2D eigenvalue weighted by Gasteiger charge is -2.13. The van der Waals surface area contributed by atoms with Crippen molar-refractivity contribution in [2.75, 3.05) is 6.61 Å². The average Bonchev–Trinajstić information content (AvgIpc) is 2.82. The second kappa shape index (κ2) is 10.3. The van der Waals surface area contributed by atoms with Gasteiger partial charge in [0.05, 0.1) is 0 Å². The van der Waals surface area contributed by atoms with Gasteiger partial charge in [-0.15, -0.1) is 0 Å². The predicted octanol–water partition coefficient (Wildman–Crippen LogP) is 4.67. The van der Waals surface area contributed by atoms with E-state index in [9.17, 15) is 14.4 Å². The Balaban J connectivity index is 1.50. The second-order valence-electron chi connectivity index (χ2n) is 7.06. The Morgan fingerprint density at radius 3 is 1.97 bits per heavy atom. The maximum atomic E-state index is 12.4. The van der Waals surface area contributed by atoms with Crippen molar-refractivity contribution in [1.82, 2.24) is 0 Å². The molecule has 0 radical (unpaired) electrons. The third-order valence-electron chi connectivity index (χ3n) is 4.83. The van der Waals surface area contributed by atoms with Crippen molar-refractivity contribution < 1.29 is 23.9 Å². The Kier molecular flexibility index (Phi) is 7.33. The van der Waals surface area contributed by atoms with Crippen molar-refractivity contribution in [1.29, 1.82) is 0 Å². The Labute approximate surface area is 181 Å². The van der Waals surface area contributed by atoms with E-state index in [4.69, 9.17) is 9.47 Å². The summed E-state index contributed by atoms with van der Waals surface area (Å²) in [5.41, 5.74) is 2.75. The number of carbonyl (C=O) groups excluding carboxylic acids is 3. The molecule has 3 aromatic carbocycles. The topological polar surface area (TPSA) is 69.7 Å².